The first-order valence-corrected chi connectivity index (χ1v) is 19.5. The quantitative estimate of drug-likeness (QED) is 0.0534. The van der Waals surface area contributed by atoms with Crippen molar-refractivity contribution < 1.29 is 37.2 Å². The zero-order valence-corrected chi connectivity index (χ0v) is 31.1. The first kappa shape index (κ1) is 38.0. The van der Waals surface area contributed by atoms with Crippen molar-refractivity contribution in [1.82, 2.24) is 4.58 Å². The number of anilines is 2. The number of hydrogen-bond acceptors (Lipinski definition) is 6. The van der Waals surface area contributed by atoms with Crippen molar-refractivity contribution in [1.29, 1.82) is 0 Å². The summed E-state index contributed by atoms with van der Waals surface area (Å²) in [5.41, 5.74) is 6.73. The molecule has 0 aromatic heterocycles. The Balaban J connectivity index is 1.66. The predicted octanol–water partition coefficient (Wildman–Crippen LogP) is 8.55. The molecule has 6 rings (SSSR count). The van der Waals surface area contributed by atoms with E-state index in [4.69, 9.17) is 4.42 Å². The lowest BCUT2D eigenvalue weighted by molar-refractivity contribution is -0.138. The number of fused-ring (bicyclic) bond motifs is 2. The average Bonchev–Trinajstić information content (AvgIpc) is 3.16. The van der Waals surface area contributed by atoms with Crippen LogP contribution in [0, 0.1) is 0 Å². The molecule has 1 aliphatic heterocycles. The van der Waals surface area contributed by atoms with Crippen LogP contribution in [0.25, 0.3) is 33.4 Å². The van der Waals surface area contributed by atoms with Crippen molar-refractivity contribution in [3.63, 3.8) is 0 Å². The second-order valence-corrected chi connectivity index (χ2v) is 14.5. The van der Waals surface area contributed by atoms with Crippen LogP contribution in [0.5, 0.6) is 0 Å². The molecule has 1 heterocycles. The van der Waals surface area contributed by atoms with Gasteiger partial charge >= 0.3 is 11.9 Å². The van der Waals surface area contributed by atoms with Crippen molar-refractivity contribution in [2.24, 2.45) is 0 Å². The number of aryl methyl sites for hydroxylation is 2. The Hall–Kier alpha value is -5.78. The number of nitrogens with zero attached hydrogens (tertiary/aromatic N) is 2. The van der Waals surface area contributed by atoms with E-state index < -0.39 is 22.1 Å². The molecule has 11 heteroatoms. The van der Waals surface area contributed by atoms with E-state index in [2.05, 4.69) is 23.3 Å². The van der Waals surface area contributed by atoms with Gasteiger partial charge in [-0.2, -0.15) is 13.0 Å². The molecule has 0 atom stereocenters. The average molecular weight is 748 g/mol. The van der Waals surface area contributed by atoms with Crippen molar-refractivity contribution in [2.75, 3.05) is 18.0 Å². The van der Waals surface area contributed by atoms with Crippen LogP contribution in [0.1, 0.15) is 50.7 Å². The first-order valence-electron chi connectivity index (χ1n) is 18.0. The maximum atomic E-state index is 12.8. The van der Waals surface area contributed by atoms with Crippen molar-refractivity contribution in [2.45, 2.75) is 57.3 Å². The molecule has 0 radical (unpaired) electrons. The molecule has 0 bridgehead atoms. The summed E-state index contributed by atoms with van der Waals surface area (Å²) < 4.78 is 44.7. The Kier molecular flexibility index (Phi) is 11.6. The van der Waals surface area contributed by atoms with Crippen LogP contribution in [0.3, 0.4) is 0 Å². The maximum absolute atomic E-state index is 12.8. The summed E-state index contributed by atoms with van der Waals surface area (Å²) in [5.74, 6) is -1.31. The van der Waals surface area contributed by atoms with Gasteiger partial charge in [-0.1, -0.05) is 68.4 Å². The van der Waals surface area contributed by atoms with Gasteiger partial charge < -0.3 is 19.5 Å². The topological polar surface area (TPSA) is 148 Å². The van der Waals surface area contributed by atoms with Crippen LogP contribution >= 0.6 is 0 Å². The number of aliphatic carboxylic acids is 2. The van der Waals surface area contributed by atoms with E-state index in [0.29, 0.717) is 59.4 Å². The second kappa shape index (κ2) is 16.5. The number of benzene rings is 5. The standard InChI is InChI=1S/C43H42N2O8S/c1-3-29-13-5-8-16-36(29)44(25-11-19-41(46)47)31-21-23-33-38(27-31)53-39-28-32(45(26-12-20-42(48)49)37-17-9-6-14-30(37)4-2)22-24-34(39)43(33)35-15-7-10-18-40(35)54(50,51)52/h5-10,13-18,21-24,27-28H,3-4,11-12,19-20,25-26H2,1-2H3,(H2-,46,47,48,49,50,51,52)/p+1. The molecule has 3 N–H and O–H groups in total. The Morgan fingerprint density at radius 2 is 1.41 bits per heavy atom. The third-order valence-electron chi connectivity index (χ3n) is 9.62. The summed E-state index contributed by atoms with van der Waals surface area (Å²) in [6.07, 6.45) is 2.31. The molecule has 0 unspecified atom stereocenters. The smallest absolute Gasteiger partial charge is 0.303 e. The van der Waals surface area contributed by atoms with Crippen LogP contribution in [0.2, 0.25) is 0 Å². The fourth-order valence-electron chi connectivity index (χ4n) is 7.09. The van der Waals surface area contributed by atoms with Gasteiger partial charge in [0, 0.05) is 76.6 Å². The Labute approximate surface area is 314 Å². The molecule has 0 saturated heterocycles. The van der Waals surface area contributed by atoms with Gasteiger partial charge in [0.2, 0.25) is 11.0 Å². The molecule has 4 aromatic carbocycles. The van der Waals surface area contributed by atoms with Gasteiger partial charge in [-0.15, -0.1) is 0 Å². The van der Waals surface area contributed by atoms with E-state index in [1.165, 1.54) is 6.07 Å². The number of hydrogen-bond donors (Lipinski definition) is 3. The van der Waals surface area contributed by atoms with Gasteiger partial charge in [-0.3, -0.25) is 14.1 Å². The SMILES string of the molecule is CCc1ccccc1N(CCCC(=O)O)c1ccc2c(-c3ccccc3S(=O)(=O)O)c3ccc(=[N+](CCCC(=O)O)c4ccccc4CC)cc-3oc2c1. The lowest BCUT2D eigenvalue weighted by Gasteiger charge is -2.28. The van der Waals surface area contributed by atoms with E-state index in [9.17, 15) is 32.8 Å². The lowest BCUT2D eigenvalue weighted by Crippen LogP contribution is -2.28. The number of carbonyl (C=O) groups is 2. The molecular weight excluding hydrogens is 705 g/mol. The monoisotopic (exact) mass is 747 g/mol. The van der Waals surface area contributed by atoms with Crippen LogP contribution < -0.4 is 14.8 Å². The van der Waals surface area contributed by atoms with Gasteiger partial charge in [0.1, 0.15) is 22.8 Å². The number of carboxylic acids is 2. The molecule has 4 aromatic rings. The molecule has 10 nitrogen and oxygen atoms in total. The fraction of sp³-hybridized carbons (Fsp3) is 0.233. The molecule has 278 valence electrons. The first-order chi connectivity index (χ1) is 26.0. The summed E-state index contributed by atoms with van der Waals surface area (Å²) in [7, 11) is -4.63. The van der Waals surface area contributed by atoms with E-state index in [1.807, 2.05) is 84.9 Å². The molecule has 2 aliphatic rings. The zero-order chi connectivity index (χ0) is 38.4. The molecule has 0 amide bonds. The predicted molar refractivity (Wildman–Crippen MR) is 210 cm³/mol. The fourth-order valence-corrected chi connectivity index (χ4v) is 7.79. The largest absolute Gasteiger partial charge is 0.481 e. The zero-order valence-electron chi connectivity index (χ0n) is 30.2. The minimum Gasteiger partial charge on any atom is -0.481 e. The second-order valence-electron chi connectivity index (χ2n) is 13.1. The third-order valence-corrected chi connectivity index (χ3v) is 10.5. The van der Waals surface area contributed by atoms with Crippen molar-refractivity contribution in [3.8, 4) is 22.5 Å². The van der Waals surface area contributed by atoms with Gasteiger partial charge in [-0.25, -0.2) is 0 Å². The highest BCUT2D eigenvalue weighted by Crippen LogP contribution is 2.43. The summed E-state index contributed by atoms with van der Waals surface area (Å²) in [4.78, 5) is 24.9. The van der Waals surface area contributed by atoms with E-state index in [0.717, 1.165) is 46.4 Å². The molecule has 0 saturated carbocycles. The summed E-state index contributed by atoms with van der Waals surface area (Å²) in [5, 5.41) is 20.2. The van der Waals surface area contributed by atoms with Crippen LogP contribution in [0.15, 0.2) is 119 Å². The van der Waals surface area contributed by atoms with Gasteiger partial charge in [-0.05, 0) is 55.2 Å². The van der Waals surface area contributed by atoms with Crippen molar-refractivity contribution in [3.05, 3.63) is 126 Å². The van der Waals surface area contributed by atoms with Gasteiger partial charge in [0.25, 0.3) is 10.1 Å². The summed E-state index contributed by atoms with van der Waals surface area (Å²) in [6, 6.07) is 33.6. The molecule has 0 fully saturated rings. The lowest BCUT2D eigenvalue weighted by atomic mass is 9.93. The van der Waals surface area contributed by atoms with Crippen LogP contribution in [-0.4, -0.2) is 48.2 Å². The normalized spacial score (nSPS) is 12.2. The third kappa shape index (κ3) is 8.22. The minimum absolute atomic E-state index is 0.00312. The minimum atomic E-state index is -4.63. The molecule has 54 heavy (non-hydrogen) atoms. The van der Waals surface area contributed by atoms with Crippen LogP contribution in [0.4, 0.5) is 17.1 Å². The van der Waals surface area contributed by atoms with E-state index >= 15 is 0 Å². The van der Waals surface area contributed by atoms with Crippen LogP contribution in [-0.2, 0) is 32.5 Å². The summed E-state index contributed by atoms with van der Waals surface area (Å²) >= 11 is 0. The van der Waals surface area contributed by atoms with Gasteiger partial charge in [0.15, 0.2) is 0 Å². The Morgan fingerprint density at radius 1 is 0.741 bits per heavy atom. The van der Waals surface area contributed by atoms with E-state index in [-0.39, 0.29) is 17.7 Å². The Morgan fingerprint density at radius 3 is 2.13 bits per heavy atom. The summed E-state index contributed by atoms with van der Waals surface area (Å²) in [6.45, 7) is 4.98. The molecule has 1 aliphatic carbocycles. The maximum Gasteiger partial charge on any atom is 0.303 e. The highest BCUT2D eigenvalue weighted by molar-refractivity contribution is 7.86. The molecule has 0 spiro atoms. The van der Waals surface area contributed by atoms with Crippen molar-refractivity contribution >= 4 is 50.1 Å². The highest BCUT2D eigenvalue weighted by Gasteiger charge is 2.26. The molecular formula is C43H43N2O8S+. The highest BCUT2D eigenvalue weighted by atomic mass is 32.2. The number of para-hydroxylation sites is 2. The number of carboxylic acid groups (broad SMARTS) is 2. The Bertz CT molecular complexity index is 2490. The van der Waals surface area contributed by atoms with E-state index in [1.54, 1.807) is 18.2 Å². The van der Waals surface area contributed by atoms with Gasteiger partial charge in [0.05, 0.1) is 12.5 Å². The number of rotatable bonds is 15.